The molecule has 0 aliphatic heterocycles. The lowest BCUT2D eigenvalue weighted by Crippen LogP contribution is -2.30. The molecule has 3 heteroatoms. The van der Waals surface area contributed by atoms with Crippen molar-refractivity contribution < 1.29 is 4.79 Å². The highest BCUT2D eigenvalue weighted by atomic mass is 79.9. The van der Waals surface area contributed by atoms with Crippen molar-refractivity contribution in [2.45, 2.75) is 13.0 Å². The van der Waals surface area contributed by atoms with E-state index in [2.05, 4.69) is 21.2 Å². The van der Waals surface area contributed by atoms with Gasteiger partial charge in [-0.25, -0.2) is 0 Å². The lowest BCUT2D eigenvalue weighted by Gasteiger charge is -2.21. The number of amides is 1. The second-order valence-corrected chi connectivity index (χ2v) is 6.51. The smallest absolute Gasteiger partial charge is 0.252 e. The number of nitrogens with one attached hydrogen (secondary N) is 1. The van der Waals surface area contributed by atoms with Crippen LogP contribution in [0.15, 0.2) is 83.3 Å². The first kappa shape index (κ1) is 16.5. The lowest BCUT2D eigenvalue weighted by molar-refractivity contribution is 0.0942. The monoisotopic (exact) mass is 379 g/mol. The summed E-state index contributed by atoms with van der Waals surface area (Å²) in [5.74, 6) is -0.0716. The van der Waals surface area contributed by atoms with Crippen molar-refractivity contribution in [1.82, 2.24) is 5.32 Å². The molecule has 0 aliphatic rings. The van der Waals surface area contributed by atoms with Gasteiger partial charge in [-0.1, -0.05) is 82.7 Å². The van der Waals surface area contributed by atoms with Crippen molar-refractivity contribution in [2.24, 2.45) is 0 Å². The molecule has 3 aromatic rings. The summed E-state index contributed by atoms with van der Waals surface area (Å²) in [6, 6.07) is 25.4. The molecule has 3 rings (SSSR count). The Bertz CT molecular complexity index is 845. The molecule has 1 atom stereocenters. The molecule has 120 valence electrons. The number of carbonyl (C=O) groups excluding carboxylic acids is 1. The number of halogens is 1. The first-order valence-corrected chi connectivity index (χ1v) is 8.62. The molecule has 0 aromatic heterocycles. The van der Waals surface area contributed by atoms with Crippen molar-refractivity contribution >= 4 is 21.8 Å². The Morgan fingerprint density at radius 2 is 1.50 bits per heavy atom. The molecule has 1 N–H and O–H groups in total. The maximum atomic E-state index is 12.8. The highest BCUT2D eigenvalue weighted by molar-refractivity contribution is 9.10. The Morgan fingerprint density at radius 1 is 0.875 bits per heavy atom. The third kappa shape index (κ3) is 3.57. The zero-order valence-corrected chi connectivity index (χ0v) is 15.0. The summed E-state index contributed by atoms with van der Waals surface area (Å²) in [5.41, 5.74) is 3.75. The van der Waals surface area contributed by atoms with E-state index in [4.69, 9.17) is 0 Å². The number of hydrogen-bond acceptors (Lipinski definition) is 1. The molecule has 0 unspecified atom stereocenters. The van der Waals surface area contributed by atoms with Crippen molar-refractivity contribution in [3.05, 3.63) is 106 Å². The van der Waals surface area contributed by atoms with Crippen molar-refractivity contribution in [3.8, 4) is 0 Å². The van der Waals surface area contributed by atoms with Gasteiger partial charge in [0.25, 0.3) is 5.91 Å². The fourth-order valence-corrected chi connectivity index (χ4v) is 3.25. The summed E-state index contributed by atoms with van der Waals surface area (Å²) in [5, 5.41) is 3.18. The first-order valence-electron chi connectivity index (χ1n) is 7.82. The van der Waals surface area contributed by atoms with Crippen LogP contribution < -0.4 is 5.32 Å². The molecule has 3 aromatic carbocycles. The molecule has 0 fully saturated rings. The third-order valence-corrected chi connectivity index (χ3v) is 4.74. The normalized spacial score (nSPS) is 11.8. The van der Waals surface area contributed by atoms with E-state index in [0.717, 1.165) is 21.2 Å². The summed E-state index contributed by atoms with van der Waals surface area (Å²) >= 11 is 3.60. The van der Waals surface area contributed by atoms with E-state index in [1.54, 1.807) is 0 Å². The molecular weight excluding hydrogens is 362 g/mol. The van der Waals surface area contributed by atoms with Gasteiger partial charge in [0.2, 0.25) is 0 Å². The van der Waals surface area contributed by atoms with Crippen molar-refractivity contribution in [3.63, 3.8) is 0 Å². The molecule has 0 saturated carbocycles. The number of carbonyl (C=O) groups is 1. The van der Waals surface area contributed by atoms with Crippen molar-refractivity contribution in [1.29, 1.82) is 0 Å². The Balaban J connectivity index is 1.99. The van der Waals surface area contributed by atoms with Gasteiger partial charge in [-0.2, -0.15) is 0 Å². The molecule has 24 heavy (non-hydrogen) atoms. The molecule has 0 radical (unpaired) electrons. The number of benzene rings is 3. The summed E-state index contributed by atoms with van der Waals surface area (Å²) in [4.78, 5) is 12.8. The molecule has 0 spiro atoms. The van der Waals surface area contributed by atoms with Crippen LogP contribution in [-0.4, -0.2) is 5.91 Å². The van der Waals surface area contributed by atoms with Crippen LogP contribution in [0.5, 0.6) is 0 Å². The van der Waals surface area contributed by atoms with Gasteiger partial charge in [-0.3, -0.25) is 4.79 Å². The topological polar surface area (TPSA) is 29.1 Å². The van der Waals surface area contributed by atoms with E-state index in [9.17, 15) is 4.79 Å². The predicted octanol–water partition coefficient (Wildman–Crippen LogP) is 5.28. The zero-order valence-electron chi connectivity index (χ0n) is 13.4. The summed E-state index contributed by atoms with van der Waals surface area (Å²) in [6.45, 7) is 1.95. The molecule has 0 saturated heterocycles. The van der Waals surface area contributed by atoms with Crippen LogP contribution in [0.25, 0.3) is 0 Å². The van der Waals surface area contributed by atoms with Gasteiger partial charge in [0, 0.05) is 10.0 Å². The van der Waals surface area contributed by atoms with E-state index < -0.39 is 0 Å². The third-order valence-electron chi connectivity index (χ3n) is 4.01. The Hall–Kier alpha value is -2.39. The SMILES string of the molecule is Cc1ccccc1C(=O)N[C@@H](c1ccccc1)c1ccccc1Br. The molecule has 2 nitrogen and oxygen atoms in total. The minimum atomic E-state index is -0.214. The maximum Gasteiger partial charge on any atom is 0.252 e. The van der Waals surface area contributed by atoms with Crippen LogP contribution in [0, 0.1) is 6.92 Å². The predicted molar refractivity (Wildman–Crippen MR) is 101 cm³/mol. The minimum absolute atomic E-state index is 0.0716. The zero-order chi connectivity index (χ0) is 16.9. The van der Waals surface area contributed by atoms with Gasteiger partial charge in [0.1, 0.15) is 0 Å². The van der Waals surface area contributed by atoms with Gasteiger partial charge in [0.15, 0.2) is 0 Å². The van der Waals surface area contributed by atoms with Gasteiger partial charge in [-0.05, 0) is 35.7 Å². The van der Waals surface area contributed by atoms with Gasteiger partial charge < -0.3 is 5.32 Å². The Labute approximate surface area is 150 Å². The summed E-state index contributed by atoms with van der Waals surface area (Å²) in [6.07, 6.45) is 0. The number of aryl methyl sites for hydroxylation is 1. The molecule has 0 aliphatic carbocycles. The van der Waals surface area contributed by atoms with Crippen LogP contribution in [0.2, 0.25) is 0 Å². The Morgan fingerprint density at radius 3 is 2.21 bits per heavy atom. The van der Waals surface area contributed by atoms with Crippen LogP contribution in [0.3, 0.4) is 0 Å². The van der Waals surface area contributed by atoms with E-state index in [-0.39, 0.29) is 11.9 Å². The quantitative estimate of drug-likeness (QED) is 0.656. The molecular formula is C21H18BrNO. The van der Waals surface area contributed by atoms with E-state index in [1.165, 1.54) is 0 Å². The fourth-order valence-electron chi connectivity index (χ4n) is 2.73. The van der Waals surface area contributed by atoms with Gasteiger partial charge in [-0.15, -0.1) is 0 Å². The van der Waals surface area contributed by atoms with Crippen molar-refractivity contribution in [2.75, 3.05) is 0 Å². The van der Waals surface area contributed by atoms with Gasteiger partial charge in [0.05, 0.1) is 6.04 Å². The molecule has 1 amide bonds. The van der Waals surface area contributed by atoms with Crippen LogP contribution in [0.1, 0.15) is 33.1 Å². The van der Waals surface area contributed by atoms with Crippen LogP contribution in [0.4, 0.5) is 0 Å². The standard InChI is InChI=1S/C21H18BrNO/c1-15-9-5-6-12-17(15)21(24)23-20(16-10-3-2-4-11-16)18-13-7-8-14-19(18)22/h2-14,20H,1H3,(H,23,24)/t20-/m0/s1. The lowest BCUT2D eigenvalue weighted by atomic mass is 9.98. The summed E-state index contributed by atoms with van der Waals surface area (Å²) < 4.78 is 0.976. The Kier molecular flexibility index (Phi) is 5.11. The highest BCUT2D eigenvalue weighted by Crippen LogP contribution is 2.29. The van der Waals surface area contributed by atoms with Gasteiger partial charge >= 0.3 is 0 Å². The van der Waals surface area contributed by atoms with Crippen LogP contribution in [-0.2, 0) is 0 Å². The van der Waals surface area contributed by atoms with Crippen LogP contribution >= 0.6 is 15.9 Å². The average Bonchev–Trinajstić information content (AvgIpc) is 2.61. The minimum Gasteiger partial charge on any atom is -0.341 e. The average molecular weight is 380 g/mol. The highest BCUT2D eigenvalue weighted by Gasteiger charge is 2.20. The second-order valence-electron chi connectivity index (χ2n) is 5.65. The molecule has 0 heterocycles. The fraction of sp³-hybridized carbons (Fsp3) is 0.0952. The van der Waals surface area contributed by atoms with E-state index in [1.807, 2.05) is 85.8 Å². The van der Waals surface area contributed by atoms with E-state index >= 15 is 0 Å². The first-order chi connectivity index (χ1) is 11.7. The number of rotatable bonds is 4. The summed E-state index contributed by atoms with van der Waals surface area (Å²) in [7, 11) is 0. The second kappa shape index (κ2) is 7.45. The van der Waals surface area contributed by atoms with E-state index in [0.29, 0.717) is 5.56 Å². The maximum absolute atomic E-state index is 12.8. The largest absolute Gasteiger partial charge is 0.341 e. The molecule has 0 bridgehead atoms. The number of hydrogen-bond donors (Lipinski definition) is 1.